The summed E-state index contributed by atoms with van der Waals surface area (Å²) >= 11 is 0. The van der Waals surface area contributed by atoms with E-state index in [4.69, 9.17) is 14.2 Å². The Kier molecular flexibility index (Phi) is 61.7. The van der Waals surface area contributed by atoms with Crippen LogP contribution in [0.25, 0.3) is 0 Å². The van der Waals surface area contributed by atoms with Gasteiger partial charge in [-0.15, -0.1) is 0 Å². The molecule has 0 amide bonds. The van der Waals surface area contributed by atoms with Gasteiger partial charge in [0.15, 0.2) is 6.10 Å². The molecule has 438 valence electrons. The van der Waals surface area contributed by atoms with E-state index in [0.29, 0.717) is 19.3 Å². The molecule has 0 aliphatic heterocycles. The molecule has 0 spiro atoms. The zero-order chi connectivity index (χ0) is 54.3. The Labute approximate surface area is 467 Å². The number of carbonyl (C=O) groups excluding carboxylic acids is 3. The summed E-state index contributed by atoms with van der Waals surface area (Å²) in [6, 6.07) is 0. The van der Waals surface area contributed by atoms with Crippen molar-refractivity contribution in [2.45, 2.75) is 361 Å². The Hall–Kier alpha value is -2.63. The van der Waals surface area contributed by atoms with Crippen LogP contribution < -0.4 is 0 Å². The van der Waals surface area contributed by atoms with Gasteiger partial charge >= 0.3 is 17.9 Å². The molecule has 1 unspecified atom stereocenters. The van der Waals surface area contributed by atoms with E-state index in [0.717, 1.165) is 83.5 Å². The highest BCUT2D eigenvalue weighted by Gasteiger charge is 2.19. The molecule has 0 saturated carbocycles. The lowest BCUT2D eigenvalue weighted by Gasteiger charge is -2.18. The molecule has 0 saturated heterocycles. The summed E-state index contributed by atoms with van der Waals surface area (Å²) in [7, 11) is 0. The molecule has 75 heavy (non-hydrogen) atoms. The maximum Gasteiger partial charge on any atom is 0.306 e. The van der Waals surface area contributed by atoms with E-state index in [1.54, 1.807) is 0 Å². The van der Waals surface area contributed by atoms with E-state index in [1.807, 2.05) is 0 Å². The SMILES string of the molecule is CC/C=C\C/C=C\C/C=C\CCCCCCCCCC(=O)OC(COC(=O)CCCCCCCCCCCCCCC)COC(=O)CCCCCCCCCCCCCCCCC/C=C\CCCCCCCCCC. The molecular formula is C69H126O6. The third-order valence-electron chi connectivity index (χ3n) is 14.8. The van der Waals surface area contributed by atoms with Crippen LogP contribution in [-0.4, -0.2) is 37.2 Å². The van der Waals surface area contributed by atoms with Gasteiger partial charge in [0.2, 0.25) is 0 Å². The average Bonchev–Trinajstić information content (AvgIpc) is 3.41. The molecule has 0 aliphatic carbocycles. The summed E-state index contributed by atoms with van der Waals surface area (Å²) in [5.74, 6) is -0.861. The van der Waals surface area contributed by atoms with Crippen LogP contribution in [0.2, 0.25) is 0 Å². The number of esters is 3. The van der Waals surface area contributed by atoms with Gasteiger partial charge in [0.05, 0.1) is 0 Å². The van der Waals surface area contributed by atoms with Gasteiger partial charge in [-0.3, -0.25) is 14.4 Å². The number of allylic oxidation sites excluding steroid dienone is 8. The Balaban J connectivity index is 4.22. The first kappa shape index (κ1) is 72.4. The van der Waals surface area contributed by atoms with Crippen LogP contribution in [-0.2, 0) is 28.6 Å². The maximum atomic E-state index is 12.9. The summed E-state index contributed by atoms with van der Waals surface area (Å²) in [4.78, 5) is 38.3. The first-order valence-corrected chi connectivity index (χ1v) is 33.1. The molecule has 0 radical (unpaired) electrons. The molecule has 0 aromatic heterocycles. The number of hydrogen-bond acceptors (Lipinski definition) is 6. The molecule has 0 aromatic carbocycles. The minimum atomic E-state index is -0.776. The predicted octanol–water partition coefficient (Wildman–Crippen LogP) is 22.6. The van der Waals surface area contributed by atoms with Crippen molar-refractivity contribution in [2.24, 2.45) is 0 Å². The Morgan fingerprint density at radius 3 is 0.827 bits per heavy atom. The molecular weight excluding hydrogens is 925 g/mol. The second-order valence-corrected chi connectivity index (χ2v) is 22.4. The zero-order valence-electron chi connectivity index (χ0n) is 50.3. The monoisotopic (exact) mass is 1050 g/mol. The number of rotatable bonds is 61. The van der Waals surface area contributed by atoms with E-state index in [2.05, 4.69) is 69.4 Å². The smallest absolute Gasteiger partial charge is 0.306 e. The lowest BCUT2D eigenvalue weighted by molar-refractivity contribution is -0.167. The minimum Gasteiger partial charge on any atom is -0.462 e. The van der Waals surface area contributed by atoms with Crippen LogP contribution >= 0.6 is 0 Å². The lowest BCUT2D eigenvalue weighted by atomic mass is 10.0. The summed E-state index contributed by atoms with van der Waals surface area (Å²) in [5, 5.41) is 0. The second kappa shape index (κ2) is 63.9. The molecule has 0 aliphatic rings. The molecule has 0 rings (SSSR count). The minimum absolute atomic E-state index is 0.0728. The van der Waals surface area contributed by atoms with Crippen molar-refractivity contribution >= 4 is 17.9 Å². The van der Waals surface area contributed by atoms with Gasteiger partial charge in [-0.05, 0) is 77.0 Å². The van der Waals surface area contributed by atoms with E-state index in [-0.39, 0.29) is 31.1 Å². The molecule has 0 fully saturated rings. The van der Waals surface area contributed by atoms with Crippen molar-refractivity contribution in [1.29, 1.82) is 0 Å². The first-order chi connectivity index (χ1) is 37.0. The van der Waals surface area contributed by atoms with Gasteiger partial charge in [-0.1, -0.05) is 307 Å². The zero-order valence-corrected chi connectivity index (χ0v) is 50.3. The summed E-state index contributed by atoms with van der Waals surface area (Å²) in [6.07, 6.45) is 79.9. The van der Waals surface area contributed by atoms with Crippen LogP contribution in [0.3, 0.4) is 0 Å². The Morgan fingerprint density at radius 2 is 0.520 bits per heavy atom. The largest absolute Gasteiger partial charge is 0.462 e. The van der Waals surface area contributed by atoms with Crippen molar-refractivity contribution < 1.29 is 28.6 Å². The van der Waals surface area contributed by atoms with E-state index < -0.39 is 6.10 Å². The standard InChI is InChI=1S/C69H126O6/c1-4-7-10-13-16-19-22-25-27-29-30-31-32-33-34-35-36-37-38-40-41-44-47-50-53-56-59-62-68(71)74-65-66(64-73-67(70)61-58-55-52-49-46-43-24-21-18-15-12-9-6-3)75-69(72)63-60-57-54-51-48-45-42-39-28-26-23-20-17-14-11-8-5-2/h8,11,17,20,26,28-30,66H,4-7,9-10,12-16,18-19,21-25,27,31-65H2,1-3H3/b11-8-,20-17-,28-26-,30-29-. The maximum absolute atomic E-state index is 12.9. The van der Waals surface area contributed by atoms with E-state index >= 15 is 0 Å². The molecule has 0 N–H and O–H groups in total. The van der Waals surface area contributed by atoms with Crippen molar-refractivity contribution in [1.82, 2.24) is 0 Å². The third-order valence-corrected chi connectivity index (χ3v) is 14.8. The van der Waals surface area contributed by atoms with Crippen LogP contribution in [0.1, 0.15) is 355 Å². The summed E-state index contributed by atoms with van der Waals surface area (Å²) < 4.78 is 16.9. The van der Waals surface area contributed by atoms with Crippen molar-refractivity contribution in [3.05, 3.63) is 48.6 Å². The second-order valence-electron chi connectivity index (χ2n) is 22.4. The number of unbranched alkanes of at least 4 members (excludes halogenated alkanes) is 42. The van der Waals surface area contributed by atoms with Gasteiger partial charge in [0.1, 0.15) is 13.2 Å². The van der Waals surface area contributed by atoms with Crippen LogP contribution in [0.15, 0.2) is 48.6 Å². The van der Waals surface area contributed by atoms with Gasteiger partial charge in [0, 0.05) is 19.3 Å². The van der Waals surface area contributed by atoms with E-state index in [9.17, 15) is 14.4 Å². The highest BCUT2D eigenvalue weighted by atomic mass is 16.6. The Morgan fingerprint density at radius 1 is 0.280 bits per heavy atom. The summed E-state index contributed by atoms with van der Waals surface area (Å²) in [5.41, 5.74) is 0. The first-order valence-electron chi connectivity index (χ1n) is 33.1. The molecule has 0 aromatic rings. The van der Waals surface area contributed by atoms with Crippen LogP contribution in [0.4, 0.5) is 0 Å². The third kappa shape index (κ3) is 62.1. The molecule has 0 bridgehead atoms. The normalized spacial score (nSPS) is 12.3. The molecule has 0 heterocycles. The van der Waals surface area contributed by atoms with Gasteiger partial charge < -0.3 is 14.2 Å². The quantitative estimate of drug-likeness (QED) is 0.0261. The highest BCUT2D eigenvalue weighted by molar-refractivity contribution is 5.71. The van der Waals surface area contributed by atoms with Crippen LogP contribution in [0.5, 0.6) is 0 Å². The number of hydrogen-bond donors (Lipinski definition) is 0. The van der Waals surface area contributed by atoms with Crippen molar-refractivity contribution in [2.75, 3.05) is 13.2 Å². The fraction of sp³-hybridized carbons (Fsp3) is 0.841. The summed E-state index contributed by atoms with van der Waals surface area (Å²) in [6.45, 7) is 6.57. The van der Waals surface area contributed by atoms with Crippen molar-refractivity contribution in [3.63, 3.8) is 0 Å². The van der Waals surface area contributed by atoms with Gasteiger partial charge in [0.25, 0.3) is 0 Å². The van der Waals surface area contributed by atoms with Gasteiger partial charge in [-0.25, -0.2) is 0 Å². The van der Waals surface area contributed by atoms with Crippen LogP contribution in [0, 0.1) is 0 Å². The van der Waals surface area contributed by atoms with Crippen molar-refractivity contribution in [3.8, 4) is 0 Å². The Bertz CT molecular complexity index is 1300. The van der Waals surface area contributed by atoms with E-state index in [1.165, 1.54) is 231 Å². The molecule has 6 nitrogen and oxygen atoms in total. The molecule has 6 heteroatoms. The fourth-order valence-electron chi connectivity index (χ4n) is 9.87. The average molecular weight is 1050 g/mol. The lowest BCUT2D eigenvalue weighted by Crippen LogP contribution is -2.30. The highest BCUT2D eigenvalue weighted by Crippen LogP contribution is 2.18. The number of carbonyl (C=O) groups is 3. The number of ether oxygens (including phenoxy) is 3. The van der Waals surface area contributed by atoms with Gasteiger partial charge in [-0.2, -0.15) is 0 Å². The predicted molar refractivity (Wildman–Crippen MR) is 325 cm³/mol. The molecule has 1 atom stereocenters. The topological polar surface area (TPSA) is 78.9 Å². The fourth-order valence-corrected chi connectivity index (χ4v) is 9.87.